The Bertz CT molecular complexity index is 547. The molecule has 1 aromatic rings. The SMILES string of the molecule is CCC(C)c1ccc(NC(N)=NCC(=O)NC2CCCCC2)cc1. The van der Waals surface area contributed by atoms with Gasteiger partial charge in [0.05, 0.1) is 0 Å². The average Bonchev–Trinajstić information content (AvgIpc) is 2.61. The van der Waals surface area contributed by atoms with Gasteiger partial charge in [-0.2, -0.15) is 0 Å². The Morgan fingerprint density at radius 2 is 1.92 bits per heavy atom. The number of carbonyl (C=O) groups excluding carboxylic acids is 1. The summed E-state index contributed by atoms with van der Waals surface area (Å²) in [5, 5.41) is 6.07. The lowest BCUT2D eigenvalue weighted by Crippen LogP contribution is -2.38. The molecule has 1 aromatic carbocycles. The summed E-state index contributed by atoms with van der Waals surface area (Å²) in [5.41, 5.74) is 8.07. The molecule has 1 aliphatic carbocycles. The van der Waals surface area contributed by atoms with Gasteiger partial charge in [-0.15, -0.1) is 0 Å². The standard InChI is InChI=1S/C19H30N4O/c1-3-14(2)15-9-11-17(12-10-15)23-19(20)21-13-18(24)22-16-7-5-4-6-8-16/h9-12,14,16H,3-8,13H2,1-2H3,(H,22,24)(H3,20,21,23). The number of carbonyl (C=O) groups is 1. The van der Waals surface area contributed by atoms with E-state index >= 15 is 0 Å². The number of rotatable bonds is 6. The van der Waals surface area contributed by atoms with Crippen molar-refractivity contribution >= 4 is 17.6 Å². The maximum Gasteiger partial charge on any atom is 0.242 e. The number of amides is 1. The third kappa shape index (κ3) is 5.87. The van der Waals surface area contributed by atoms with Gasteiger partial charge in [0.25, 0.3) is 0 Å². The molecule has 1 saturated carbocycles. The summed E-state index contributed by atoms with van der Waals surface area (Å²) in [6.07, 6.45) is 6.94. The molecule has 24 heavy (non-hydrogen) atoms. The molecule has 5 nitrogen and oxygen atoms in total. The fourth-order valence-corrected chi connectivity index (χ4v) is 3.00. The Morgan fingerprint density at radius 1 is 1.25 bits per heavy atom. The third-order valence-corrected chi connectivity index (χ3v) is 4.73. The molecule has 5 heteroatoms. The van der Waals surface area contributed by atoms with E-state index in [4.69, 9.17) is 5.73 Å². The minimum Gasteiger partial charge on any atom is -0.370 e. The molecule has 0 aromatic heterocycles. The van der Waals surface area contributed by atoms with Crippen LogP contribution in [0.4, 0.5) is 5.69 Å². The highest BCUT2D eigenvalue weighted by atomic mass is 16.1. The first-order chi connectivity index (χ1) is 11.6. The van der Waals surface area contributed by atoms with Gasteiger partial charge in [0.15, 0.2) is 5.96 Å². The normalized spacial score (nSPS) is 17.3. The maximum absolute atomic E-state index is 11.9. The van der Waals surface area contributed by atoms with Crippen molar-refractivity contribution in [1.82, 2.24) is 5.32 Å². The molecule has 2 rings (SSSR count). The minimum atomic E-state index is -0.0567. The topological polar surface area (TPSA) is 79.5 Å². The lowest BCUT2D eigenvalue weighted by atomic mass is 9.95. The van der Waals surface area contributed by atoms with E-state index in [2.05, 4.69) is 41.6 Å². The second-order valence-electron chi connectivity index (χ2n) is 6.66. The third-order valence-electron chi connectivity index (χ3n) is 4.73. The van der Waals surface area contributed by atoms with E-state index < -0.39 is 0 Å². The van der Waals surface area contributed by atoms with Crippen LogP contribution in [-0.4, -0.2) is 24.5 Å². The predicted octanol–water partition coefficient (Wildman–Crippen LogP) is 3.38. The molecule has 0 aliphatic heterocycles. The Kier molecular flexibility index (Phi) is 7.09. The van der Waals surface area contributed by atoms with Crippen LogP contribution >= 0.6 is 0 Å². The Morgan fingerprint density at radius 3 is 2.54 bits per heavy atom. The molecule has 1 fully saturated rings. The molecular weight excluding hydrogens is 300 g/mol. The lowest BCUT2D eigenvalue weighted by Gasteiger charge is -2.22. The first kappa shape index (κ1) is 18.3. The minimum absolute atomic E-state index is 0.0567. The number of aliphatic imine (C=N–C) groups is 1. The van der Waals surface area contributed by atoms with Gasteiger partial charge in [-0.25, -0.2) is 4.99 Å². The number of nitrogens with two attached hydrogens (primary N) is 1. The Hall–Kier alpha value is -2.04. The molecule has 1 atom stereocenters. The Balaban J connectivity index is 1.79. The summed E-state index contributed by atoms with van der Waals surface area (Å²) in [7, 11) is 0. The molecule has 0 bridgehead atoms. The number of anilines is 1. The number of benzene rings is 1. The number of nitrogens with one attached hydrogen (secondary N) is 2. The van der Waals surface area contributed by atoms with Crippen molar-refractivity contribution in [2.24, 2.45) is 10.7 Å². The average molecular weight is 330 g/mol. The summed E-state index contributed by atoms with van der Waals surface area (Å²) >= 11 is 0. The molecule has 132 valence electrons. The van der Waals surface area contributed by atoms with E-state index in [-0.39, 0.29) is 18.4 Å². The van der Waals surface area contributed by atoms with Gasteiger partial charge in [0.1, 0.15) is 6.54 Å². The quantitative estimate of drug-likeness (QED) is 0.552. The highest BCUT2D eigenvalue weighted by Gasteiger charge is 2.15. The molecule has 4 N–H and O–H groups in total. The van der Waals surface area contributed by atoms with Gasteiger partial charge in [-0.3, -0.25) is 4.79 Å². The fourth-order valence-electron chi connectivity index (χ4n) is 3.00. The van der Waals surface area contributed by atoms with Gasteiger partial charge in [-0.1, -0.05) is 45.2 Å². The van der Waals surface area contributed by atoms with Gasteiger partial charge >= 0.3 is 0 Å². The second kappa shape index (κ2) is 9.30. The highest BCUT2D eigenvalue weighted by molar-refractivity contribution is 5.93. The predicted molar refractivity (Wildman–Crippen MR) is 100 cm³/mol. The summed E-state index contributed by atoms with van der Waals surface area (Å²) in [6, 6.07) is 8.49. The zero-order valence-electron chi connectivity index (χ0n) is 14.8. The van der Waals surface area contributed by atoms with Gasteiger partial charge in [0, 0.05) is 11.7 Å². The molecular formula is C19H30N4O. The van der Waals surface area contributed by atoms with Gasteiger partial charge in [0.2, 0.25) is 5.91 Å². The van der Waals surface area contributed by atoms with Crippen LogP contribution in [0.15, 0.2) is 29.3 Å². The van der Waals surface area contributed by atoms with Crippen LogP contribution in [-0.2, 0) is 4.79 Å². The summed E-state index contributed by atoms with van der Waals surface area (Å²) < 4.78 is 0. The number of hydrogen-bond donors (Lipinski definition) is 3. The van der Waals surface area contributed by atoms with E-state index in [0.717, 1.165) is 24.9 Å². The zero-order chi connectivity index (χ0) is 17.4. The van der Waals surface area contributed by atoms with E-state index in [1.54, 1.807) is 0 Å². The number of hydrogen-bond acceptors (Lipinski definition) is 2. The Labute approximate surface area is 145 Å². The monoisotopic (exact) mass is 330 g/mol. The van der Waals surface area contributed by atoms with E-state index in [1.807, 2.05) is 12.1 Å². The van der Waals surface area contributed by atoms with Crippen LogP contribution in [0.3, 0.4) is 0 Å². The van der Waals surface area contributed by atoms with Crippen molar-refractivity contribution in [3.8, 4) is 0 Å². The van der Waals surface area contributed by atoms with Crippen LogP contribution in [0, 0.1) is 0 Å². The summed E-state index contributed by atoms with van der Waals surface area (Å²) in [4.78, 5) is 16.0. The van der Waals surface area contributed by atoms with E-state index in [9.17, 15) is 4.79 Å². The highest BCUT2D eigenvalue weighted by Crippen LogP contribution is 2.20. The number of guanidine groups is 1. The first-order valence-electron chi connectivity index (χ1n) is 9.04. The lowest BCUT2D eigenvalue weighted by molar-refractivity contribution is -0.120. The molecule has 0 saturated heterocycles. The molecule has 1 aliphatic rings. The van der Waals surface area contributed by atoms with Crippen molar-refractivity contribution in [3.63, 3.8) is 0 Å². The molecule has 1 unspecified atom stereocenters. The zero-order valence-corrected chi connectivity index (χ0v) is 14.8. The van der Waals surface area contributed by atoms with Crippen molar-refractivity contribution in [3.05, 3.63) is 29.8 Å². The molecule has 0 radical (unpaired) electrons. The largest absolute Gasteiger partial charge is 0.370 e. The van der Waals surface area contributed by atoms with Crippen molar-refractivity contribution < 1.29 is 4.79 Å². The van der Waals surface area contributed by atoms with Gasteiger partial charge < -0.3 is 16.4 Å². The maximum atomic E-state index is 11.9. The summed E-state index contributed by atoms with van der Waals surface area (Å²) in [6.45, 7) is 4.46. The number of nitrogens with zero attached hydrogens (tertiary/aromatic N) is 1. The van der Waals surface area contributed by atoms with Crippen LogP contribution < -0.4 is 16.4 Å². The van der Waals surface area contributed by atoms with Crippen molar-refractivity contribution in [2.45, 2.75) is 64.3 Å². The summed E-state index contributed by atoms with van der Waals surface area (Å²) in [5.74, 6) is 0.761. The second-order valence-corrected chi connectivity index (χ2v) is 6.66. The van der Waals surface area contributed by atoms with Crippen LogP contribution in [0.1, 0.15) is 63.9 Å². The van der Waals surface area contributed by atoms with Crippen LogP contribution in [0.2, 0.25) is 0 Å². The van der Waals surface area contributed by atoms with Crippen molar-refractivity contribution in [1.29, 1.82) is 0 Å². The van der Waals surface area contributed by atoms with Crippen molar-refractivity contribution in [2.75, 3.05) is 11.9 Å². The first-order valence-corrected chi connectivity index (χ1v) is 9.04. The van der Waals surface area contributed by atoms with Crippen LogP contribution in [0.25, 0.3) is 0 Å². The molecule has 0 heterocycles. The smallest absolute Gasteiger partial charge is 0.242 e. The van der Waals surface area contributed by atoms with E-state index in [0.29, 0.717) is 12.0 Å². The van der Waals surface area contributed by atoms with Gasteiger partial charge in [-0.05, 0) is 42.9 Å². The van der Waals surface area contributed by atoms with E-state index in [1.165, 1.54) is 24.8 Å². The fraction of sp³-hybridized carbons (Fsp3) is 0.579. The van der Waals surface area contributed by atoms with Crippen LogP contribution in [0.5, 0.6) is 0 Å². The molecule has 0 spiro atoms. The molecule has 1 amide bonds.